The van der Waals surface area contributed by atoms with Crippen LogP contribution in [0, 0.1) is 12.7 Å². The van der Waals surface area contributed by atoms with Crippen LogP contribution in [-0.2, 0) is 0 Å². The number of aliphatic hydroxyl groups is 2. The standard InChI is InChI=1S/C12H16FNO3/c1-9-2-3-10(11(13)8-9)12(17)14(4-6-15)5-7-16/h2-3,8,15-16H,4-7H2,1H3. The minimum Gasteiger partial charge on any atom is -0.395 e. The lowest BCUT2D eigenvalue weighted by atomic mass is 10.1. The molecule has 1 aromatic rings. The Kier molecular flexibility index (Phi) is 5.06. The van der Waals surface area contributed by atoms with Crippen LogP contribution in [0.4, 0.5) is 4.39 Å². The van der Waals surface area contributed by atoms with Crippen LogP contribution in [0.15, 0.2) is 18.2 Å². The van der Waals surface area contributed by atoms with Crippen molar-refractivity contribution in [1.29, 1.82) is 0 Å². The molecule has 2 N–H and O–H groups in total. The van der Waals surface area contributed by atoms with Gasteiger partial charge in [0.2, 0.25) is 0 Å². The average molecular weight is 241 g/mol. The Hall–Kier alpha value is -1.46. The Morgan fingerprint density at radius 1 is 1.29 bits per heavy atom. The Balaban J connectivity index is 2.92. The second-order valence-corrected chi connectivity index (χ2v) is 3.72. The fourth-order valence-electron chi connectivity index (χ4n) is 1.52. The van der Waals surface area contributed by atoms with Crippen molar-refractivity contribution in [3.8, 4) is 0 Å². The van der Waals surface area contributed by atoms with Crippen molar-refractivity contribution in [2.75, 3.05) is 26.3 Å². The van der Waals surface area contributed by atoms with Gasteiger partial charge in [-0.2, -0.15) is 0 Å². The van der Waals surface area contributed by atoms with Crippen molar-refractivity contribution in [3.63, 3.8) is 0 Å². The summed E-state index contributed by atoms with van der Waals surface area (Å²) >= 11 is 0. The number of nitrogens with zero attached hydrogens (tertiary/aromatic N) is 1. The SMILES string of the molecule is Cc1ccc(C(=O)N(CCO)CCO)c(F)c1. The fourth-order valence-corrected chi connectivity index (χ4v) is 1.52. The van der Waals surface area contributed by atoms with Gasteiger partial charge in [-0.1, -0.05) is 6.07 Å². The summed E-state index contributed by atoms with van der Waals surface area (Å²) in [4.78, 5) is 13.1. The van der Waals surface area contributed by atoms with Gasteiger partial charge in [-0.15, -0.1) is 0 Å². The third-order valence-electron chi connectivity index (χ3n) is 2.38. The third kappa shape index (κ3) is 3.51. The molecule has 17 heavy (non-hydrogen) atoms. The lowest BCUT2D eigenvalue weighted by molar-refractivity contribution is 0.0680. The van der Waals surface area contributed by atoms with E-state index in [-0.39, 0.29) is 31.9 Å². The number of benzene rings is 1. The lowest BCUT2D eigenvalue weighted by Crippen LogP contribution is -2.36. The molecule has 0 bridgehead atoms. The van der Waals surface area contributed by atoms with Gasteiger partial charge in [-0.3, -0.25) is 4.79 Å². The summed E-state index contributed by atoms with van der Waals surface area (Å²) in [6.07, 6.45) is 0. The minimum atomic E-state index is -0.587. The second-order valence-electron chi connectivity index (χ2n) is 3.72. The zero-order chi connectivity index (χ0) is 12.8. The van der Waals surface area contributed by atoms with E-state index in [4.69, 9.17) is 10.2 Å². The van der Waals surface area contributed by atoms with Crippen molar-refractivity contribution < 1.29 is 19.4 Å². The molecule has 94 valence electrons. The number of hydrogen-bond donors (Lipinski definition) is 2. The molecule has 0 atom stereocenters. The van der Waals surface area contributed by atoms with Gasteiger partial charge >= 0.3 is 0 Å². The summed E-state index contributed by atoms with van der Waals surface area (Å²) in [5.41, 5.74) is 0.687. The molecule has 0 unspecified atom stereocenters. The number of rotatable bonds is 5. The molecular formula is C12H16FNO3. The van der Waals surface area contributed by atoms with Gasteiger partial charge in [-0.25, -0.2) is 4.39 Å². The third-order valence-corrected chi connectivity index (χ3v) is 2.38. The molecule has 0 aliphatic rings. The monoisotopic (exact) mass is 241 g/mol. The lowest BCUT2D eigenvalue weighted by Gasteiger charge is -2.20. The first-order chi connectivity index (χ1) is 8.10. The Morgan fingerprint density at radius 3 is 2.35 bits per heavy atom. The van der Waals surface area contributed by atoms with E-state index in [0.29, 0.717) is 0 Å². The Morgan fingerprint density at radius 2 is 1.88 bits per heavy atom. The van der Waals surface area contributed by atoms with E-state index in [1.807, 2.05) is 0 Å². The van der Waals surface area contributed by atoms with E-state index in [0.717, 1.165) is 5.56 Å². The highest BCUT2D eigenvalue weighted by molar-refractivity contribution is 5.94. The molecule has 4 nitrogen and oxygen atoms in total. The zero-order valence-corrected chi connectivity index (χ0v) is 9.69. The van der Waals surface area contributed by atoms with Gasteiger partial charge in [0.1, 0.15) is 5.82 Å². The summed E-state index contributed by atoms with van der Waals surface area (Å²) in [6, 6.07) is 4.34. The van der Waals surface area contributed by atoms with Crippen molar-refractivity contribution in [3.05, 3.63) is 35.1 Å². The average Bonchev–Trinajstić information content (AvgIpc) is 2.28. The summed E-state index contributed by atoms with van der Waals surface area (Å²) in [7, 11) is 0. The fraction of sp³-hybridized carbons (Fsp3) is 0.417. The van der Waals surface area contributed by atoms with Crippen LogP contribution in [0.3, 0.4) is 0 Å². The van der Waals surface area contributed by atoms with Crippen LogP contribution in [0.1, 0.15) is 15.9 Å². The molecule has 1 aromatic carbocycles. The maximum Gasteiger partial charge on any atom is 0.256 e. The first-order valence-electron chi connectivity index (χ1n) is 5.37. The molecule has 0 fully saturated rings. The zero-order valence-electron chi connectivity index (χ0n) is 9.69. The molecule has 0 aromatic heterocycles. The van der Waals surface area contributed by atoms with E-state index in [1.54, 1.807) is 13.0 Å². The predicted molar refractivity (Wildman–Crippen MR) is 61.2 cm³/mol. The molecule has 0 heterocycles. The topological polar surface area (TPSA) is 60.8 Å². The molecule has 0 aliphatic carbocycles. The van der Waals surface area contributed by atoms with Crippen LogP contribution >= 0.6 is 0 Å². The quantitative estimate of drug-likeness (QED) is 0.792. The molecule has 1 amide bonds. The Bertz CT molecular complexity index is 389. The van der Waals surface area contributed by atoms with Crippen molar-refractivity contribution in [2.45, 2.75) is 6.92 Å². The molecule has 1 rings (SSSR count). The normalized spacial score (nSPS) is 10.4. The number of hydrogen-bond acceptors (Lipinski definition) is 3. The molecule has 0 radical (unpaired) electrons. The minimum absolute atomic E-state index is 0.0440. The molecule has 0 spiro atoms. The highest BCUT2D eigenvalue weighted by Crippen LogP contribution is 2.12. The largest absolute Gasteiger partial charge is 0.395 e. The van der Waals surface area contributed by atoms with Gasteiger partial charge in [0.15, 0.2) is 0 Å². The van der Waals surface area contributed by atoms with Crippen LogP contribution < -0.4 is 0 Å². The number of aryl methyl sites for hydroxylation is 1. The highest BCUT2D eigenvalue weighted by atomic mass is 19.1. The van der Waals surface area contributed by atoms with E-state index in [2.05, 4.69) is 0 Å². The molecule has 0 aliphatic heterocycles. The van der Waals surface area contributed by atoms with Crippen molar-refractivity contribution >= 4 is 5.91 Å². The van der Waals surface area contributed by atoms with E-state index in [1.165, 1.54) is 17.0 Å². The second kappa shape index (κ2) is 6.32. The first-order valence-corrected chi connectivity index (χ1v) is 5.37. The van der Waals surface area contributed by atoms with Gasteiger partial charge in [0, 0.05) is 13.1 Å². The highest BCUT2D eigenvalue weighted by Gasteiger charge is 2.18. The van der Waals surface area contributed by atoms with E-state index >= 15 is 0 Å². The maximum absolute atomic E-state index is 13.6. The summed E-state index contributed by atoms with van der Waals surface area (Å²) < 4.78 is 13.6. The number of aliphatic hydroxyl groups excluding tert-OH is 2. The van der Waals surface area contributed by atoms with Crippen LogP contribution in [-0.4, -0.2) is 47.3 Å². The number of carbonyl (C=O) groups excluding carboxylic acids is 1. The van der Waals surface area contributed by atoms with Crippen molar-refractivity contribution in [2.24, 2.45) is 0 Å². The first kappa shape index (κ1) is 13.6. The van der Waals surface area contributed by atoms with E-state index < -0.39 is 11.7 Å². The van der Waals surface area contributed by atoms with E-state index in [9.17, 15) is 9.18 Å². The summed E-state index contributed by atoms with van der Waals surface area (Å²) in [5.74, 6) is -1.11. The van der Waals surface area contributed by atoms with Gasteiger partial charge in [0.05, 0.1) is 18.8 Å². The number of amides is 1. The van der Waals surface area contributed by atoms with Gasteiger partial charge in [-0.05, 0) is 24.6 Å². The molecule has 5 heteroatoms. The smallest absolute Gasteiger partial charge is 0.256 e. The van der Waals surface area contributed by atoms with Crippen LogP contribution in [0.2, 0.25) is 0 Å². The molecular weight excluding hydrogens is 225 g/mol. The maximum atomic E-state index is 13.6. The number of halogens is 1. The van der Waals surface area contributed by atoms with Gasteiger partial charge in [0.25, 0.3) is 5.91 Å². The summed E-state index contributed by atoms with van der Waals surface area (Å²) in [6.45, 7) is 1.44. The predicted octanol–water partition coefficient (Wildman–Crippen LogP) is 0.561. The van der Waals surface area contributed by atoms with Crippen LogP contribution in [0.5, 0.6) is 0 Å². The van der Waals surface area contributed by atoms with Crippen LogP contribution in [0.25, 0.3) is 0 Å². The van der Waals surface area contributed by atoms with Crippen molar-refractivity contribution in [1.82, 2.24) is 4.90 Å². The summed E-state index contributed by atoms with van der Waals surface area (Å²) in [5, 5.41) is 17.6. The Labute approximate surface area is 99.3 Å². The molecule has 0 saturated carbocycles. The number of carbonyl (C=O) groups is 1. The van der Waals surface area contributed by atoms with Gasteiger partial charge < -0.3 is 15.1 Å². The molecule has 0 saturated heterocycles.